The van der Waals surface area contributed by atoms with Crippen molar-refractivity contribution in [1.82, 2.24) is 5.32 Å². The number of hydrogen-bond acceptors (Lipinski definition) is 1. The van der Waals surface area contributed by atoms with Crippen molar-refractivity contribution in [3.63, 3.8) is 0 Å². The van der Waals surface area contributed by atoms with Gasteiger partial charge in [0, 0.05) is 6.54 Å². The van der Waals surface area contributed by atoms with E-state index in [0.29, 0.717) is 13.0 Å². The van der Waals surface area contributed by atoms with Gasteiger partial charge in [-0.1, -0.05) is 0 Å². The smallest absolute Gasteiger partial charge is 0.225 e. The molecule has 46 valence electrons. The molecule has 3 heteroatoms. The molecule has 0 radical (unpaired) electrons. The zero-order valence-corrected chi connectivity index (χ0v) is 4.48. The largest absolute Gasteiger partial charge is 0.356 e. The maximum Gasteiger partial charge on any atom is 0.225 e. The summed E-state index contributed by atoms with van der Waals surface area (Å²) in [6.07, 6.45) is 0.662. The summed E-state index contributed by atoms with van der Waals surface area (Å²) in [5.41, 5.74) is 0. The molecule has 0 bridgehead atoms. The van der Waals surface area contributed by atoms with E-state index in [-0.39, 0.29) is 11.8 Å². The molecule has 0 aromatic carbocycles. The third-order valence-electron chi connectivity index (χ3n) is 1.35. The van der Waals surface area contributed by atoms with Gasteiger partial charge in [0.25, 0.3) is 0 Å². The van der Waals surface area contributed by atoms with Gasteiger partial charge >= 0.3 is 0 Å². The summed E-state index contributed by atoms with van der Waals surface area (Å²) in [5.74, 6) is -0.484. The van der Waals surface area contributed by atoms with Crippen LogP contribution in [0.15, 0.2) is 0 Å². The van der Waals surface area contributed by atoms with Gasteiger partial charge in [-0.15, -0.1) is 0 Å². The fourth-order valence-electron chi connectivity index (χ4n) is 0.792. The Bertz CT molecular complexity index is 105. The summed E-state index contributed by atoms with van der Waals surface area (Å²) in [7, 11) is 0. The summed E-state index contributed by atoms with van der Waals surface area (Å²) in [6.45, 7) is 0.138. The fraction of sp³-hybridized carbons (Fsp3) is 0.800. The lowest BCUT2D eigenvalue weighted by molar-refractivity contribution is -0.122. The molecule has 1 saturated heterocycles. The van der Waals surface area contributed by atoms with Gasteiger partial charge in [-0.05, 0) is 6.42 Å². The molecule has 8 heavy (non-hydrogen) atoms. The van der Waals surface area contributed by atoms with Crippen LogP contribution in [0.25, 0.3) is 0 Å². The van der Waals surface area contributed by atoms with Crippen LogP contribution in [0.3, 0.4) is 0 Å². The summed E-state index contributed by atoms with van der Waals surface area (Å²) >= 11 is 0. The number of nitrogens with one attached hydrogen (secondary N) is 1. The van der Waals surface area contributed by atoms with Crippen molar-refractivity contribution >= 4 is 5.91 Å². The van der Waals surface area contributed by atoms with Gasteiger partial charge < -0.3 is 5.32 Å². The van der Waals surface area contributed by atoms with E-state index in [0.717, 1.165) is 0 Å². The van der Waals surface area contributed by atoms with Gasteiger partial charge in [0.15, 0.2) is 0 Å². The molecule has 0 aromatic rings. The van der Waals surface area contributed by atoms with Crippen LogP contribution >= 0.6 is 0 Å². The SMILES string of the molecule is O=C1NCCC1CF. The summed E-state index contributed by atoms with van der Waals surface area (Å²) in [5, 5.41) is 2.54. The van der Waals surface area contributed by atoms with E-state index in [2.05, 4.69) is 5.32 Å². The Morgan fingerprint density at radius 3 is 2.88 bits per heavy atom. The second-order valence-corrected chi connectivity index (χ2v) is 1.93. The number of hydrogen-bond donors (Lipinski definition) is 1. The molecule has 1 rings (SSSR count). The Morgan fingerprint density at radius 1 is 1.88 bits per heavy atom. The van der Waals surface area contributed by atoms with E-state index in [1.807, 2.05) is 0 Å². The van der Waals surface area contributed by atoms with Crippen LogP contribution in [-0.2, 0) is 4.79 Å². The molecule has 1 amide bonds. The lowest BCUT2D eigenvalue weighted by Crippen LogP contribution is -2.19. The second-order valence-electron chi connectivity index (χ2n) is 1.93. The molecule has 1 heterocycles. The molecule has 1 N–H and O–H groups in total. The van der Waals surface area contributed by atoms with Gasteiger partial charge in [0.05, 0.1) is 5.92 Å². The van der Waals surface area contributed by atoms with Crippen molar-refractivity contribution in [3.05, 3.63) is 0 Å². The number of rotatable bonds is 1. The van der Waals surface area contributed by atoms with E-state index in [1.165, 1.54) is 0 Å². The molecule has 0 saturated carbocycles. The van der Waals surface area contributed by atoms with E-state index in [4.69, 9.17) is 0 Å². The quantitative estimate of drug-likeness (QED) is 0.518. The zero-order valence-electron chi connectivity index (χ0n) is 4.48. The Morgan fingerprint density at radius 2 is 2.62 bits per heavy atom. The molecule has 2 nitrogen and oxygen atoms in total. The zero-order chi connectivity index (χ0) is 5.98. The van der Waals surface area contributed by atoms with Crippen LogP contribution in [0, 0.1) is 5.92 Å². The first-order chi connectivity index (χ1) is 3.84. The van der Waals surface area contributed by atoms with Gasteiger partial charge in [-0.3, -0.25) is 9.18 Å². The molecule has 1 unspecified atom stereocenters. The van der Waals surface area contributed by atoms with Crippen LogP contribution < -0.4 is 5.32 Å². The number of amides is 1. The highest BCUT2D eigenvalue weighted by molar-refractivity contribution is 5.80. The van der Waals surface area contributed by atoms with Gasteiger partial charge in [0.2, 0.25) is 5.91 Å². The van der Waals surface area contributed by atoms with Gasteiger partial charge in [0.1, 0.15) is 6.67 Å². The maximum absolute atomic E-state index is 11.7. The number of alkyl halides is 1. The molecule has 1 aliphatic heterocycles. The maximum atomic E-state index is 11.7. The summed E-state index contributed by atoms with van der Waals surface area (Å²) in [6, 6.07) is 0. The molecular weight excluding hydrogens is 109 g/mol. The molecule has 0 aromatic heterocycles. The van der Waals surface area contributed by atoms with Crippen LogP contribution in [-0.4, -0.2) is 19.1 Å². The second kappa shape index (κ2) is 2.11. The van der Waals surface area contributed by atoms with E-state index in [9.17, 15) is 9.18 Å². The normalized spacial score (nSPS) is 28.1. The summed E-state index contributed by atoms with van der Waals surface area (Å²) < 4.78 is 11.7. The number of carbonyl (C=O) groups is 1. The van der Waals surface area contributed by atoms with Gasteiger partial charge in [-0.2, -0.15) is 0 Å². The molecule has 1 atom stereocenters. The van der Waals surface area contributed by atoms with Crippen LogP contribution in [0.1, 0.15) is 6.42 Å². The molecule has 0 aliphatic carbocycles. The minimum absolute atomic E-state index is 0.132. The number of carbonyl (C=O) groups excluding carboxylic acids is 1. The van der Waals surface area contributed by atoms with Gasteiger partial charge in [-0.25, -0.2) is 0 Å². The topological polar surface area (TPSA) is 29.1 Å². The average Bonchev–Trinajstić information content (AvgIpc) is 2.14. The Kier molecular flexibility index (Phi) is 1.46. The first-order valence-corrected chi connectivity index (χ1v) is 2.68. The minimum Gasteiger partial charge on any atom is -0.356 e. The predicted molar refractivity (Wildman–Crippen MR) is 27.1 cm³/mol. The molecular formula is C5H8FNO. The van der Waals surface area contributed by atoms with E-state index >= 15 is 0 Å². The third-order valence-corrected chi connectivity index (χ3v) is 1.35. The fourth-order valence-corrected chi connectivity index (χ4v) is 0.792. The highest BCUT2D eigenvalue weighted by Gasteiger charge is 2.22. The minimum atomic E-state index is -0.508. The lowest BCUT2D eigenvalue weighted by atomic mass is 10.1. The highest BCUT2D eigenvalue weighted by atomic mass is 19.1. The average molecular weight is 117 g/mol. The third kappa shape index (κ3) is 0.804. The monoisotopic (exact) mass is 117 g/mol. The summed E-state index contributed by atoms with van der Waals surface area (Å²) in [4.78, 5) is 10.5. The van der Waals surface area contributed by atoms with E-state index < -0.39 is 6.67 Å². The van der Waals surface area contributed by atoms with Crippen LogP contribution in [0.5, 0.6) is 0 Å². The van der Waals surface area contributed by atoms with Crippen LogP contribution in [0.2, 0.25) is 0 Å². The first kappa shape index (κ1) is 5.54. The highest BCUT2D eigenvalue weighted by Crippen LogP contribution is 2.08. The van der Waals surface area contributed by atoms with E-state index in [1.54, 1.807) is 0 Å². The van der Waals surface area contributed by atoms with Crippen molar-refractivity contribution in [2.24, 2.45) is 5.92 Å². The Balaban J connectivity index is 2.42. The van der Waals surface area contributed by atoms with Crippen LogP contribution in [0.4, 0.5) is 4.39 Å². The van der Waals surface area contributed by atoms with Crippen molar-refractivity contribution in [2.75, 3.05) is 13.2 Å². The standard InChI is InChI=1S/C5H8FNO/c6-3-4-1-2-7-5(4)8/h4H,1-3H2,(H,7,8). The lowest BCUT2D eigenvalue weighted by Gasteiger charge is -1.94. The Hall–Kier alpha value is -0.600. The molecule has 1 fully saturated rings. The number of halogens is 1. The van der Waals surface area contributed by atoms with Crippen molar-refractivity contribution in [2.45, 2.75) is 6.42 Å². The first-order valence-electron chi connectivity index (χ1n) is 2.68. The van der Waals surface area contributed by atoms with Crippen molar-refractivity contribution < 1.29 is 9.18 Å². The van der Waals surface area contributed by atoms with Crippen molar-refractivity contribution in [1.29, 1.82) is 0 Å². The van der Waals surface area contributed by atoms with Crippen molar-refractivity contribution in [3.8, 4) is 0 Å². The molecule has 1 aliphatic rings. The predicted octanol–water partition coefficient (Wildman–Crippen LogP) is 0.0920. The molecule has 0 spiro atoms. The Labute approximate surface area is 47.1 Å².